The normalized spacial score (nSPS) is 31.5. The van der Waals surface area contributed by atoms with Gasteiger partial charge < -0.3 is 10.4 Å². The number of benzene rings is 1. The number of nitrogens with one attached hydrogen (secondary N) is 1. The van der Waals surface area contributed by atoms with Crippen molar-refractivity contribution in [3.05, 3.63) is 29.8 Å². The van der Waals surface area contributed by atoms with Gasteiger partial charge in [0.1, 0.15) is 0 Å². The first-order valence-corrected chi connectivity index (χ1v) is 5.80. The summed E-state index contributed by atoms with van der Waals surface area (Å²) in [6.45, 7) is 0. The molecule has 2 N–H and O–H groups in total. The Labute approximate surface area is 98.6 Å². The molecule has 1 saturated carbocycles. The lowest BCUT2D eigenvalue weighted by molar-refractivity contribution is -0.123. The summed E-state index contributed by atoms with van der Waals surface area (Å²) in [5.74, 6) is -1.22. The Morgan fingerprint density at radius 2 is 1.94 bits per heavy atom. The van der Waals surface area contributed by atoms with Crippen molar-refractivity contribution in [1.82, 2.24) is 0 Å². The van der Waals surface area contributed by atoms with Crippen molar-refractivity contribution in [2.45, 2.75) is 18.9 Å². The molecule has 3 unspecified atom stereocenters. The van der Waals surface area contributed by atoms with E-state index < -0.39 is 12.0 Å². The maximum Gasteiger partial charge on any atom is 0.230 e. The molecule has 0 saturated heterocycles. The highest BCUT2D eigenvalue weighted by Crippen LogP contribution is 2.39. The van der Waals surface area contributed by atoms with Crippen LogP contribution in [0.15, 0.2) is 24.3 Å². The summed E-state index contributed by atoms with van der Waals surface area (Å²) in [5, 5.41) is 12.5. The first-order valence-electron chi connectivity index (χ1n) is 5.80. The molecular weight excluding hydrogens is 218 g/mol. The van der Waals surface area contributed by atoms with E-state index in [2.05, 4.69) is 5.32 Å². The number of aliphatic hydroxyl groups excluding tert-OH is 1. The average molecular weight is 231 g/mol. The summed E-state index contributed by atoms with van der Waals surface area (Å²) in [7, 11) is 0. The molecule has 17 heavy (non-hydrogen) atoms. The number of aliphatic hydroxyl groups is 1. The number of hydrogen-bond acceptors (Lipinski definition) is 3. The van der Waals surface area contributed by atoms with E-state index in [0.717, 1.165) is 0 Å². The fraction of sp³-hybridized carbons (Fsp3) is 0.385. The topological polar surface area (TPSA) is 66.4 Å². The van der Waals surface area contributed by atoms with Gasteiger partial charge in [-0.25, -0.2) is 0 Å². The predicted molar refractivity (Wildman–Crippen MR) is 61.6 cm³/mol. The first-order chi connectivity index (χ1) is 8.18. The summed E-state index contributed by atoms with van der Waals surface area (Å²) in [6, 6.07) is 7.02. The van der Waals surface area contributed by atoms with Crippen LogP contribution in [0.1, 0.15) is 23.2 Å². The summed E-state index contributed by atoms with van der Waals surface area (Å²) >= 11 is 0. The highest BCUT2D eigenvalue weighted by molar-refractivity contribution is 6.11. The number of carbonyl (C=O) groups excluding carboxylic acids is 2. The van der Waals surface area contributed by atoms with Crippen molar-refractivity contribution in [1.29, 1.82) is 0 Å². The van der Waals surface area contributed by atoms with Gasteiger partial charge in [0.2, 0.25) is 5.91 Å². The molecule has 1 aromatic carbocycles. The standard InChI is InChI=1S/C13H13NO3/c15-10-6-5-8-11(10)13(17)14-9-4-2-1-3-7(9)12(8)16/h1-4,8,10-11,15H,5-6H2,(H,14,17). The molecule has 1 fully saturated rings. The smallest absolute Gasteiger partial charge is 0.230 e. The second kappa shape index (κ2) is 3.67. The van der Waals surface area contributed by atoms with Crippen molar-refractivity contribution in [3.8, 4) is 0 Å². The van der Waals surface area contributed by atoms with Crippen LogP contribution < -0.4 is 5.32 Å². The molecule has 1 aliphatic heterocycles. The van der Waals surface area contributed by atoms with E-state index >= 15 is 0 Å². The largest absolute Gasteiger partial charge is 0.392 e. The number of carbonyl (C=O) groups is 2. The lowest BCUT2D eigenvalue weighted by atomic mass is 9.88. The minimum Gasteiger partial charge on any atom is -0.392 e. The Balaban J connectivity index is 2.10. The van der Waals surface area contributed by atoms with Crippen LogP contribution >= 0.6 is 0 Å². The third-order valence-corrected chi connectivity index (χ3v) is 3.71. The predicted octanol–water partition coefficient (Wildman–Crippen LogP) is 1.21. The summed E-state index contributed by atoms with van der Waals surface area (Å²) in [4.78, 5) is 24.3. The molecule has 3 atom stereocenters. The fourth-order valence-electron chi connectivity index (χ4n) is 2.85. The number of amides is 1. The molecule has 0 aromatic heterocycles. The van der Waals surface area contributed by atoms with E-state index in [-0.39, 0.29) is 17.6 Å². The van der Waals surface area contributed by atoms with Gasteiger partial charge in [-0.15, -0.1) is 0 Å². The summed E-state index contributed by atoms with van der Waals surface area (Å²) in [6.07, 6.45) is 0.418. The number of hydrogen-bond donors (Lipinski definition) is 2. The summed E-state index contributed by atoms with van der Waals surface area (Å²) < 4.78 is 0. The minimum atomic E-state index is -0.696. The van der Waals surface area contributed by atoms with E-state index in [1.807, 2.05) is 0 Å². The molecule has 88 valence electrons. The maximum absolute atomic E-state index is 12.3. The van der Waals surface area contributed by atoms with Crippen LogP contribution in [0.4, 0.5) is 5.69 Å². The third kappa shape index (κ3) is 1.48. The number of ketones is 1. The lowest BCUT2D eigenvalue weighted by Gasteiger charge is -2.15. The van der Waals surface area contributed by atoms with Gasteiger partial charge in [-0.3, -0.25) is 9.59 Å². The maximum atomic E-state index is 12.3. The van der Waals surface area contributed by atoms with Crippen LogP contribution in [0.2, 0.25) is 0 Å². The second-order valence-electron chi connectivity index (χ2n) is 4.68. The van der Waals surface area contributed by atoms with Gasteiger partial charge in [0.05, 0.1) is 17.7 Å². The van der Waals surface area contributed by atoms with Crippen LogP contribution in [0, 0.1) is 11.8 Å². The Morgan fingerprint density at radius 3 is 2.76 bits per heavy atom. The molecule has 0 radical (unpaired) electrons. The molecule has 1 aromatic rings. The molecular formula is C13H13NO3. The lowest BCUT2D eigenvalue weighted by Crippen LogP contribution is -2.33. The molecule has 1 heterocycles. The monoisotopic (exact) mass is 231 g/mol. The highest BCUT2D eigenvalue weighted by atomic mass is 16.3. The van der Waals surface area contributed by atoms with E-state index in [4.69, 9.17) is 0 Å². The Bertz CT molecular complexity index is 497. The molecule has 1 amide bonds. The Kier molecular flexibility index (Phi) is 2.26. The van der Waals surface area contributed by atoms with Crippen molar-refractivity contribution < 1.29 is 14.7 Å². The van der Waals surface area contributed by atoms with E-state index in [9.17, 15) is 14.7 Å². The van der Waals surface area contributed by atoms with E-state index in [1.165, 1.54) is 0 Å². The average Bonchev–Trinajstić information content (AvgIpc) is 2.66. The second-order valence-corrected chi connectivity index (χ2v) is 4.68. The number of fused-ring (bicyclic) bond motifs is 2. The van der Waals surface area contributed by atoms with Crippen molar-refractivity contribution >= 4 is 17.4 Å². The molecule has 0 bridgehead atoms. The molecule has 3 rings (SSSR count). The molecule has 0 spiro atoms. The summed E-state index contributed by atoms with van der Waals surface area (Å²) in [5.41, 5.74) is 1.12. The Morgan fingerprint density at radius 1 is 1.18 bits per heavy atom. The van der Waals surface area contributed by atoms with Gasteiger partial charge >= 0.3 is 0 Å². The zero-order valence-electron chi connectivity index (χ0n) is 9.22. The third-order valence-electron chi connectivity index (χ3n) is 3.71. The molecule has 2 aliphatic rings. The van der Waals surface area contributed by atoms with Gasteiger partial charge in [0.15, 0.2) is 5.78 Å². The van der Waals surface area contributed by atoms with Crippen LogP contribution in [-0.4, -0.2) is 22.9 Å². The fourth-order valence-corrected chi connectivity index (χ4v) is 2.85. The molecule has 1 aliphatic carbocycles. The molecule has 4 nitrogen and oxygen atoms in total. The van der Waals surface area contributed by atoms with Gasteiger partial charge in [-0.2, -0.15) is 0 Å². The molecule has 4 heteroatoms. The number of anilines is 1. The van der Waals surface area contributed by atoms with Gasteiger partial charge in [0.25, 0.3) is 0 Å². The zero-order valence-corrected chi connectivity index (χ0v) is 9.22. The number of para-hydroxylation sites is 1. The van der Waals surface area contributed by atoms with Crippen LogP contribution in [-0.2, 0) is 4.79 Å². The zero-order chi connectivity index (χ0) is 12.0. The number of rotatable bonds is 0. The van der Waals surface area contributed by atoms with E-state index in [1.54, 1.807) is 24.3 Å². The first kappa shape index (κ1) is 10.5. The van der Waals surface area contributed by atoms with E-state index in [0.29, 0.717) is 24.1 Å². The van der Waals surface area contributed by atoms with Gasteiger partial charge in [-0.05, 0) is 25.0 Å². The van der Waals surface area contributed by atoms with Gasteiger partial charge in [0, 0.05) is 11.5 Å². The SMILES string of the molecule is O=C1c2ccccc2NC(=O)C2C(O)CCC12. The van der Waals surface area contributed by atoms with Crippen molar-refractivity contribution in [2.75, 3.05) is 5.32 Å². The van der Waals surface area contributed by atoms with Crippen LogP contribution in [0.5, 0.6) is 0 Å². The van der Waals surface area contributed by atoms with Crippen molar-refractivity contribution in [3.63, 3.8) is 0 Å². The van der Waals surface area contributed by atoms with Gasteiger partial charge in [-0.1, -0.05) is 12.1 Å². The van der Waals surface area contributed by atoms with Crippen molar-refractivity contribution in [2.24, 2.45) is 11.8 Å². The Hall–Kier alpha value is -1.68. The van der Waals surface area contributed by atoms with Crippen LogP contribution in [0.25, 0.3) is 0 Å². The van der Waals surface area contributed by atoms with Crippen LogP contribution in [0.3, 0.4) is 0 Å². The quantitative estimate of drug-likeness (QED) is 0.705. The highest BCUT2D eigenvalue weighted by Gasteiger charge is 2.46. The minimum absolute atomic E-state index is 0.0273. The number of Topliss-reactive ketones (excluding diaryl/α,β-unsaturated/α-hetero) is 1.